The zero-order valence-corrected chi connectivity index (χ0v) is 26.3. The summed E-state index contributed by atoms with van der Waals surface area (Å²) >= 11 is 0. The molecule has 3 aromatic rings. The number of halogens is 1. The molecule has 3 aliphatic heterocycles. The smallest absolute Gasteiger partial charge is 0.234 e. The Morgan fingerprint density at radius 1 is 0.957 bits per heavy atom. The molecular weight excluding hydrogens is 579 g/mol. The van der Waals surface area contributed by atoms with Crippen molar-refractivity contribution in [2.45, 2.75) is 57.7 Å². The molecule has 6 nitrogen and oxygen atoms in total. The van der Waals surface area contributed by atoms with Crippen molar-refractivity contribution in [2.75, 3.05) is 19.7 Å². The Bertz CT molecular complexity index is 1660. The second kappa shape index (κ2) is 13.0. The Balaban J connectivity index is 1.04. The number of phenols is 1. The Morgan fingerprint density at radius 2 is 1.67 bits per heavy atom. The van der Waals surface area contributed by atoms with Crippen LogP contribution in [0.3, 0.4) is 0 Å². The van der Waals surface area contributed by atoms with Crippen molar-refractivity contribution in [3.8, 4) is 5.75 Å². The molecule has 1 N–H and O–H groups in total. The van der Waals surface area contributed by atoms with Crippen LogP contribution in [0.2, 0.25) is 0 Å². The largest absolute Gasteiger partial charge is 0.505 e. The molecule has 3 aromatic carbocycles. The minimum absolute atomic E-state index is 0.00464. The van der Waals surface area contributed by atoms with Gasteiger partial charge in [-0.15, -0.1) is 0 Å². The number of benzene rings is 3. The second-order valence-corrected chi connectivity index (χ2v) is 13.3. The molecular formula is C39H41FN2O4. The zero-order valence-electron chi connectivity index (χ0n) is 26.3. The number of carbonyl (C=O) groups excluding carboxylic acids is 2. The Morgan fingerprint density at radius 3 is 2.39 bits per heavy atom. The molecule has 0 radical (unpaired) electrons. The highest BCUT2D eigenvalue weighted by molar-refractivity contribution is 6.06. The van der Waals surface area contributed by atoms with E-state index in [1.165, 1.54) is 28.8 Å². The molecule has 4 atom stereocenters. The molecule has 3 fully saturated rings. The zero-order chi connectivity index (χ0) is 31.8. The fraction of sp³-hybridized carbons (Fsp3) is 0.385. The summed E-state index contributed by atoms with van der Waals surface area (Å²) < 4.78 is 20.6. The number of amides is 2. The molecule has 238 valence electrons. The second-order valence-electron chi connectivity index (χ2n) is 13.3. The number of nitrogens with zero attached hydrogens (tertiary/aromatic N) is 2. The first-order valence-corrected chi connectivity index (χ1v) is 16.6. The molecule has 0 bridgehead atoms. The van der Waals surface area contributed by atoms with Crippen LogP contribution in [0.25, 0.3) is 11.6 Å². The summed E-state index contributed by atoms with van der Waals surface area (Å²) in [5.41, 5.74) is 6.43. The summed E-state index contributed by atoms with van der Waals surface area (Å²) in [4.78, 5) is 31.9. The van der Waals surface area contributed by atoms with Crippen LogP contribution in [-0.4, -0.2) is 58.6 Å². The quantitative estimate of drug-likeness (QED) is 0.169. The summed E-state index contributed by atoms with van der Waals surface area (Å²) in [6.45, 7) is 5.19. The number of piperidine rings is 1. The fourth-order valence-electron chi connectivity index (χ4n) is 8.24. The molecule has 0 unspecified atom stereocenters. The van der Waals surface area contributed by atoms with Crippen molar-refractivity contribution in [1.82, 2.24) is 9.80 Å². The van der Waals surface area contributed by atoms with Crippen LogP contribution in [0, 0.1) is 23.6 Å². The number of carbonyl (C=O) groups is 2. The predicted octanol–water partition coefficient (Wildman–Crippen LogP) is 6.85. The van der Waals surface area contributed by atoms with Gasteiger partial charge >= 0.3 is 0 Å². The first-order chi connectivity index (χ1) is 22.4. The highest BCUT2D eigenvalue weighted by Crippen LogP contribution is 2.50. The predicted molar refractivity (Wildman–Crippen MR) is 176 cm³/mol. The minimum atomic E-state index is -0.650. The number of imide groups is 1. The van der Waals surface area contributed by atoms with Gasteiger partial charge in [-0.2, -0.15) is 0 Å². The topological polar surface area (TPSA) is 70.1 Å². The van der Waals surface area contributed by atoms with E-state index in [-0.39, 0.29) is 47.5 Å². The molecule has 7 heteroatoms. The fourth-order valence-corrected chi connectivity index (χ4v) is 8.24. The van der Waals surface area contributed by atoms with E-state index in [9.17, 15) is 19.1 Å². The van der Waals surface area contributed by atoms with Gasteiger partial charge < -0.3 is 9.84 Å². The number of allylic oxidation sites excluding steroid dienone is 2. The number of hydrogen-bond donors (Lipinski definition) is 1. The number of aromatic hydroxyl groups is 1. The van der Waals surface area contributed by atoms with Gasteiger partial charge in [-0.05, 0) is 79.0 Å². The van der Waals surface area contributed by atoms with E-state index < -0.39 is 5.82 Å². The third-order valence-electron chi connectivity index (χ3n) is 10.5. The van der Waals surface area contributed by atoms with Crippen molar-refractivity contribution in [3.05, 3.63) is 113 Å². The molecule has 7 rings (SSSR count). The standard InChI is InChI=1S/C39H41FN2O4/c1-25-20-31-37(39(45)42(38(31)44)30-16-18-41(19-17-30)23-26-8-4-2-5-9-26)32-24-46-35(36(25)32)15-13-29(28-10-6-3-7-11-28)21-27-12-14-34(43)33(40)22-27/h2-12,14,21-22,30-32,35,37,43H,13,15-20,23-24H2,1H3/b29-21-/t31-,32+,35-,37-/m1/s1. The van der Waals surface area contributed by atoms with E-state index in [4.69, 9.17) is 4.74 Å². The van der Waals surface area contributed by atoms with Gasteiger partial charge in [-0.3, -0.25) is 19.4 Å². The number of rotatable bonds is 8. The summed E-state index contributed by atoms with van der Waals surface area (Å²) in [5, 5.41) is 9.66. The maximum Gasteiger partial charge on any atom is 0.234 e. The van der Waals surface area contributed by atoms with Crippen molar-refractivity contribution in [3.63, 3.8) is 0 Å². The third-order valence-corrected chi connectivity index (χ3v) is 10.5. The van der Waals surface area contributed by atoms with E-state index in [1.807, 2.05) is 42.5 Å². The lowest BCUT2D eigenvalue weighted by Crippen LogP contribution is -2.47. The Kier molecular flexibility index (Phi) is 8.62. The van der Waals surface area contributed by atoms with Crippen LogP contribution in [0.4, 0.5) is 4.39 Å². The number of hydrogen-bond acceptors (Lipinski definition) is 5. The van der Waals surface area contributed by atoms with Gasteiger partial charge in [0, 0.05) is 31.6 Å². The van der Waals surface area contributed by atoms with Gasteiger partial charge in [0.2, 0.25) is 11.8 Å². The summed E-state index contributed by atoms with van der Waals surface area (Å²) in [6, 6.07) is 24.8. The summed E-state index contributed by atoms with van der Waals surface area (Å²) in [5.74, 6) is -1.72. The van der Waals surface area contributed by atoms with Crippen LogP contribution in [0.5, 0.6) is 5.75 Å². The lowest BCUT2D eigenvalue weighted by atomic mass is 9.70. The third kappa shape index (κ3) is 5.94. The maximum absolute atomic E-state index is 14.1. The summed E-state index contributed by atoms with van der Waals surface area (Å²) in [6.07, 6.45) is 5.47. The van der Waals surface area contributed by atoms with Gasteiger partial charge in [0.05, 0.1) is 24.5 Å². The lowest BCUT2D eigenvalue weighted by Gasteiger charge is -2.36. The van der Waals surface area contributed by atoms with Crippen molar-refractivity contribution in [2.24, 2.45) is 17.8 Å². The van der Waals surface area contributed by atoms with Gasteiger partial charge in [0.15, 0.2) is 11.6 Å². The van der Waals surface area contributed by atoms with Crippen LogP contribution >= 0.6 is 0 Å². The highest BCUT2D eigenvalue weighted by Gasteiger charge is 2.57. The number of fused-ring (bicyclic) bond motifs is 3. The normalized spacial score (nSPS) is 25.7. The SMILES string of the molecule is CC1=C2[C@@H](CC/C(=C/c3ccc(O)c(F)c3)c3ccccc3)OC[C@@H]2[C@@H]2C(=O)N(C3CCN(Cc4ccccc4)CC3)C(=O)[C@@H]2C1. The highest BCUT2D eigenvalue weighted by atomic mass is 19.1. The number of likely N-dealkylation sites (tertiary alicyclic amines) is 2. The van der Waals surface area contributed by atoms with Crippen LogP contribution < -0.4 is 0 Å². The van der Waals surface area contributed by atoms with Crippen LogP contribution in [-0.2, 0) is 20.9 Å². The van der Waals surface area contributed by atoms with E-state index in [2.05, 4.69) is 36.1 Å². The lowest BCUT2D eigenvalue weighted by molar-refractivity contribution is -0.144. The molecule has 2 amide bonds. The molecule has 1 aliphatic carbocycles. The van der Waals surface area contributed by atoms with Crippen molar-refractivity contribution < 1.29 is 23.8 Å². The molecule has 3 saturated heterocycles. The first kappa shape index (κ1) is 30.6. The summed E-state index contributed by atoms with van der Waals surface area (Å²) in [7, 11) is 0. The van der Waals surface area contributed by atoms with Crippen LogP contribution in [0.1, 0.15) is 55.7 Å². The van der Waals surface area contributed by atoms with Crippen molar-refractivity contribution >= 4 is 23.5 Å². The molecule has 3 heterocycles. The van der Waals surface area contributed by atoms with Gasteiger partial charge in [-0.25, -0.2) is 4.39 Å². The minimum Gasteiger partial charge on any atom is -0.505 e. The molecule has 0 saturated carbocycles. The van der Waals surface area contributed by atoms with Gasteiger partial charge in [-0.1, -0.05) is 78.4 Å². The Labute approximate surface area is 270 Å². The van der Waals surface area contributed by atoms with E-state index in [0.717, 1.165) is 43.6 Å². The van der Waals surface area contributed by atoms with Crippen molar-refractivity contribution in [1.29, 1.82) is 0 Å². The average Bonchev–Trinajstić information content (AvgIpc) is 3.60. The molecule has 0 aromatic heterocycles. The monoisotopic (exact) mass is 620 g/mol. The Hall–Kier alpha value is -4.07. The van der Waals surface area contributed by atoms with E-state index >= 15 is 0 Å². The van der Waals surface area contributed by atoms with E-state index in [1.54, 1.807) is 11.0 Å². The van der Waals surface area contributed by atoms with Gasteiger partial charge in [0.1, 0.15) is 0 Å². The maximum atomic E-state index is 14.1. The first-order valence-electron chi connectivity index (χ1n) is 16.6. The molecule has 46 heavy (non-hydrogen) atoms. The number of phenolic OH excluding ortho intramolecular Hbond substituents is 1. The molecule has 4 aliphatic rings. The van der Waals surface area contributed by atoms with E-state index in [0.29, 0.717) is 31.4 Å². The number of ether oxygens (including phenoxy) is 1. The molecule has 0 spiro atoms. The van der Waals surface area contributed by atoms with Crippen LogP contribution in [0.15, 0.2) is 90.0 Å². The van der Waals surface area contributed by atoms with Gasteiger partial charge in [0.25, 0.3) is 0 Å². The average molecular weight is 621 g/mol.